The van der Waals surface area contributed by atoms with Crippen molar-refractivity contribution in [1.29, 1.82) is 0 Å². The van der Waals surface area contributed by atoms with Crippen molar-refractivity contribution in [1.82, 2.24) is 15.2 Å². The first-order valence-corrected chi connectivity index (χ1v) is 11.3. The number of aromatic nitrogens is 1. The number of anilines is 1. The van der Waals surface area contributed by atoms with Crippen molar-refractivity contribution in [3.8, 4) is 10.4 Å². The zero-order valence-electron chi connectivity index (χ0n) is 16.8. The molecule has 9 heteroatoms. The molecule has 2 atom stereocenters. The predicted molar refractivity (Wildman–Crippen MR) is 116 cm³/mol. The second-order valence-corrected chi connectivity index (χ2v) is 10.6. The number of rotatable bonds is 2. The maximum atomic E-state index is 13.0. The van der Waals surface area contributed by atoms with Crippen LogP contribution in [0.25, 0.3) is 10.4 Å². The van der Waals surface area contributed by atoms with Gasteiger partial charge in [-0.3, -0.25) is 9.78 Å². The minimum Gasteiger partial charge on any atom is -0.427 e. The van der Waals surface area contributed by atoms with Crippen LogP contribution in [0.1, 0.15) is 49.2 Å². The number of halogens is 1. The van der Waals surface area contributed by atoms with Crippen LogP contribution in [0.4, 0.5) is 10.5 Å². The smallest absolute Gasteiger partial charge is 0.411 e. The quantitative estimate of drug-likeness (QED) is 0.668. The third kappa shape index (κ3) is 3.41. The average molecular weight is 447 g/mol. The number of hydrogen-bond donors (Lipinski definition) is 2. The van der Waals surface area contributed by atoms with Crippen molar-refractivity contribution in [2.45, 2.75) is 62.3 Å². The Morgan fingerprint density at radius 3 is 2.57 bits per heavy atom. The molecule has 0 aromatic carbocycles. The summed E-state index contributed by atoms with van der Waals surface area (Å²) < 4.78 is 5.40. The van der Waals surface area contributed by atoms with Gasteiger partial charge in [-0.1, -0.05) is 11.6 Å². The molecule has 2 bridgehead atoms. The summed E-state index contributed by atoms with van der Waals surface area (Å²) in [7, 11) is 0. The number of carbonyl (C=O) groups is 2. The summed E-state index contributed by atoms with van der Waals surface area (Å²) in [5.74, 6) is -0.0635. The van der Waals surface area contributed by atoms with Gasteiger partial charge in [-0.15, -0.1) is 11.3 Å². The first-order valence-electron chi connectivity index (χ1n) is 10.1. The van der Waals surface area contributed by atoms with Crippen LogP contribution in [0.5, 0.6) is 0 Å². The molecule has 1 spiro atoms. The van der Waals surface area contributed by atoms with Crippen molar-refractivity contribution in [3.05, 3.63) is 35.5 Å². The van der Waals surface area contributed by atoms with E-state index in [9.17, 15) is 9.59 Å². The molecule has 0 saturated carbocycles. The molecule has 2 aromatic rings. The summed E-state index contributed by atoms with van der Waals surface area (Å²) >= 11 is 7.56. The second-order valence-electron chi connectivity index (χ2n) is 8.68. The van der Waals surface area contributed by atoms with E-state index in [0.29, 0.717) is 17.7 Å². The van der Waals surface area contributed by atoms with E-state index in [0.717, 1.165) is 29.0 Å². The Bertz CT molecular complexity index is 989. The maximum absolute atomic E-state index is 13.0. The van der Waals surface area contributed by atoms with Crippen molar-refractivity contribution in [2.75, 3.05) is 5.32 Å². The normalized spacial score (nSPS) is 27.4. The molecule has 5 heterocycles. The van der Waals surface area contributed by atoms with Gasteiger partial charge in [-0.25, -0.2) is 4.79 Å². The van der Waals surface area contributed by atoms with E-state index < -0.39 is 10.7 Å². The first-order chi connectivity index (χ1) is 14.2. The zero-order valence-corrected chi connectivity index (χ0v) is 18.3. The number of piperidine rings is 1. The van der Waals surface area contributed by atoms with Gasteiger partial charge >= 0.3 is 6.09 Å². The summed E-state index contributed by atoms with van der Waals surface area (Å²) in [5, 5.41) is 5.76. The van der Waals surface area contributed by atoms with Gasteiger partial charge in [-0.05, 0) is 50.5 Å². The molecule has 2 fully saturated rings. The number of carbonyl (C=O) groups excluding carboxylic acids is 2. The summed E-state index contributed by atoms with van der Waals surface area (Å²) in [5.41, 5.74) is 1.34. The summed E-state index contributed by atoms with van der Waals surface area (Å²) in [6.45, 7) is 3.31. The molecular weight excluding hydrogens is 424 g/mol. The lowest BCUT2D eigenvalue weighted by atomic mass is 9.88. The van der Waals surface area contributed by atoms with Gasteiger partial charge in [0.2, 0.25) is 0 Å². The van der Waals surface area contributed by atoms with Gasteiger partial charge in [-0.2, -0.15) is 0 Å². The van der Waals surface area contributed by atoms with Crippen molar-refractivity contribution < 1.29 is 14.3 Å². The monoisotopic (exact) mass is 446 g/mol. The molecule has 2 aromatic heterocycles. The molecule has 30 heavy (non-hydrogen) atoms. The number of ether oxygens (including phenoxy) is 1. The highest BCUT2D eigenvalue weighted by molar-refractivity contribution is 7.18. The number of hydrogen-bond acceptors (Lipinski definition) is 6. The number of amides is 2. The fraction of sp³-hybridized carbons (Fsp3) is 0.476. The maximum Gasteiger partial charge on any atom is 0.411 e. The van der Waals surface area contributed by atoms with E-state index in [1.54, 1.807) is 26.2 Å². The van der Waals surface area contributed by atoms with Crippen LogP contribution in [0.2, 0.25) is 0 Å². The van der Waals surface area contributed by atoms with Crippen molar-refractivity contribution in [2.24, 2.45) is 0 Å². The van der Waals surface area contributed by atoms with Crippen LogP contribution in [0.3, 0.4) is 0 Å². The second kappa shape index (κ2) is 6.85. The topological polar surface area (TPSA) is 83.6 Å². The van der Waals surface area contributed by atoms with Gasteiger partial charge in [0.15, 0.2) is 5.06 Å². The van der Waals surface area contributed by atoms with E-state index in [1.807, 2.05) is 23.1 Å². The van der Waals surface area contributed by atoms with Gasteiger partial charge in [0.05, 0.1) is 5.69 Å². The predicted octanol–water partition coefficient (Wildman–Crippen LogP) is 4.40. The number of fused-ring (bicyclic) bond motifs is 3. The lowest BCUT2D eigenvalue weighted by Gasteiger charge is -2.48. The molecule has 2 N–H and O–H groups in total. The number of nitrogens with one attached hydrogen (secondary N) is 2. The number of thiophene rings is 1. The molecule has 5 rings (SSSR count). The standard InChI is InChI=1S/C21H23ClN4O3S/c1-20(2,22)29-19(28)26-13-3-4-14(26)11-21(10-13)24-15-9-16(12-5-7-23-8-6-12)30-17(15)18(27)25-21/h5-9,13-14,24H,3-4,10-11H2,1-2H3,(H,25,27). The Morgan fingerprint density at radius 1 is 1.27 bits per heavy atom. The first kappa shape index (κ1) is 19.6. The third-order valence-electron chi connectivity index (χ3n) is 5.96. The van der Waals surface area contributed by atoms with Crippen LogP contribution in [-0.2, 0) is 4.74 Å². The molecule has 3 aliphatic heterocycles. The van der Waals surface area contributed by atoms with Crippen LogP contribution < -0.4 is 10.6 Å². The highest BCUT2D eigenvalue weighted by atomic mass is 35.5. The molecule has 2 amide bonds. The molecule has 158 valence electrons. The molecule has 7 nitrogen and oxygen atoms in total. The Labute approximate surface area is 183 Å². The number of pyridine rings is 1. The van der Waals surface area contributed by atoms with E-state index in [-0.39, 0.29) is 24.1 Å². The van der Waals surface area contributed by atoms with Gasteiger partial charge in [0.25, 0.3) is 5.91 Å². The molecule has 0 aliphatic carbocycles. The minimum absolute atomic E-state index is 0.00270. The average Bonchev–Trinajstić information content (AvgIpc) is 3.21. The third-order valence-corrected chi connectivity index (χ3v) is 7.22. The SMILES string of the molecule is CC(C)(Cl)OC(=O)N1C2CCC1CC1(C2)NC(=O)c2sc(-c3ccncc3)cc2N1. The van der Waals surface area contributed by atoms with Crippen LogP contribution in [-0.4, -0.2) is 44.7 Å². The lowest BCUT2D eigenvalue weighted by molar-refractivity contribution is 0.0212. The minimum atomic E-state index is -1.04. The Balaban J connectivity index is 1.39. The zero-order chi connectivity index (χ0) is 21.1. The van der Waals surface area contributed by atoms with E-state index >= 15 is 0 Å². The molecule has 0 radical (unpaired) electrons. The fourth-order valence-corrected chi connectivity index (χ4v) is 5.97. The molecule has 2 saturated heterocycles. The summed E-state index contributed by atoms with van der Waals surface area (Å²) in [6, 6.07) is 5.92. The van der Waals surface area contributed by atoms with Crippen molar-refractivity contribution >= 4 is 40.6 Å². The number of alkyl halides is 1. The lowest BCUT2D eigenvalue weighted by Crippen LogP contribution is -2.65. The largest absolute Gasteiger partial charge is 0.427 e. The summed E-state index contributed by atoms with van der Waals surface area (Å²) in [6.07, 6.45) is 6.16. The summed E-state index contributed by atoms with van der Waals surface area (Å²) in [4.78, 5) is 33.2. The van der Waals surface area contributed by atoms with Crippen LogP contribution in [0.15, 0.2) is 30.6 Å². The van der Waals surface area contributed by atoms with Crippen LogP contribution >= 0.6 is 22.9 Å². The van der Waals surface area contributed by atoms with E-state index in [1.165, 1.54) is 11.3 Å². The Hall–Kier alpha value is -2.32. The van der Waals surface area contributed by atoms with Crippen molar-refractivity contribution in [3.63, 3.8) is 0 Å². The fourth-order valence-electron chi connectivity index (χ4n) is 4.89. The van der Waals surface area contributed by atoms with E-state index in [2.05, 4.69) is 15.6 Å². The van der Waals surface area contributed by atoms with Gasteiger partial charge in [0.1, 0.15) is 10.5 Å². The Morgan fingerprint density at radius 2 is 1.93 bits per heavy atom. The van der Waals surface area contributed by atoms with Gasteiger partial charge < -0.3 is 20.3 Å². The molecule has 3 aliphatic rings. The molecular formula is C21H23ClN4O3S. The van der Waals surface area contributed by atoms with E-state index in [4.69, 9.17) is 16.3 Å². The Kier molecular flexibility index (Phi) is 4.48. The molecule has 2 unspecified atom stereocenters. The van der Waals surface area contributed by atoms with Crippen LogP contribution in [0, 0.1) is 0 Å². The number of nitrogens with zero attached hydrogens (tertiary/aromatic N) is 2. The van der Waals surface area contributed by atoms with Gasteiger partial charge in [0, 0.05) is 42.2 Å². The highest BCUT2D eigenvalue weighted by Crippen LogP contribution is 2.46. The highest BCUT2D eigenvalue weighted by Gasteiger charge is 2.53.